The molecule has 154 valence electrons. The van der Waals surface area contributed by atoms with Crippen molar-refractivity contribution in [2.45, 2.75) is 44.7 Å². The van der Waals surface area contributed by atoms with Gasteiger partial charge in [-0.3, -0.25) is 14.7 Å². The zero-order valence-corrected chi connectivity index (χ0v) is 17.0. The molecule has 2 fully saturated rings. The second-order valence-corrected chi connectivity index (χ2v) is 8.64. The van der Waals surface area contributed by atoms with E-state index in [-0.39, 0.29) is 18.5 Å². The highest BCUT2D eigenvalue weighted by Crippen LogP contribution is 2.60. The molecule has 0 aromatic heterocycles. The summed E-state index contributed by atoms with van der Waals surface area (Å²) in [7, 11) is -4.38. The van der Waals surface area contributed by atoms with Crippen molar-refractivity contribution in [2.75, 3.05) is 13.2 Å². The summed E-state index contributed by atoms with van der Waals surface area (Å²) in [6.07, 6.45) is 4.59. The summed E-state index contributed by atoms with van der Waals surface area (Å²) in [5.41, 5.74) is 1.19. The van der Waals surface area contributed by atoms with Crippen LogP contribution in [0.5, 0.6) is 0 Å². The summed E-state index contributed by atoms with van der Waals surface area (Å²) in [4.78, 5) is 42.3. The molecule has 0 atom stereocenters. The van der Waals surface area contributed by atoms with E-state index in [2.05, 4.69) is 10.6 Å². The zero-order chi connectivity index (χ0) is 20.8. The lowest BCUT2D eigenvalue weighted by atomic mass is 9.91. The fraction of sp³-hybridized carbons (Fsp3) is 0.474. The van der Waals surface area contributed by atoms with Gasteiger partial charge in [-0.15, -0.1) is 0 Å². The van der Waals surface area contributed by atoms with Gasteiger partial charge in [0.2, 0.25) is 0 Å². The SMILES string of the molecule is C1CCOC1.CCC(CC)(c1cccc(C=C2NC(=O)NC2=O)c1)P(=O)(O)O. The van der Waals surface area contributed by atoms with Crippen molar-refractivity contribution in [2.24, 2.45) is 0 Å². The maximum Gasteiger partial charge on any atom is 0.335 e. The first-order chi connectivity index (χ1) is 13.2. The van der Waals surface area contributed by atoms with Crippen LogP contribution >= 0.6 is 7.60 Å². The number of carbonyl (C=O) groups is 2. The molecule has 8 nitrogen and oxygen atoms in total. The van der Waals surface area contributed by atoms with Gasteiger partial charge in [0, 0.05) is 13.2 Å². The smallest absolute Gasteiger partial charge is 0.335 e. The van der Waals surface area contributed by atoms with Gasteiger partial charge < -0.3 is 19.8 Å². The van der Waals surface area contributed by atoms with Crippen molar-refractivity contribution in [1.82, 2.24) is 10.6 Å². The molecule has 2 aliphatic rings. The summed E-state index contributed by atoms with van der Waals surface area (Å²) < 4.78 is 17.0. The third-order valence-electron chi connectivity index (χ3n) is 5.01. The number of hydrogen-bond donors (Lipinski definition) is 4. The molecule has 0 aliphatic carbocycles. The van der Waals surface area contributed by atoms with Crippen molar-refractivity contribution in [3.05, 3.63) is 41.1 Å². The Bertz CT molecular complexity index is 786. The number of ether oxygens (including phenoxy) is 1. The summed E-state index contributed by atoms with van der Waals surface area (Å²) >= 11 is 0. The molecule has 0 bridgehead atoms. The summed E-state index contributed by atoms with van der Waals surface area (Å²) in [5, 5.41) is 3.21. The van der Waals surface area contributed by atoms with Crippen molar-refractivity contribution in [1.29, 1.82) is 0 Å². The van der Waals surface area contributed by atoms with Crippen LogP contribution in [0.3, 0.4) is 0 Å². The average Bonchev–Trinajstić information content (AvgIpc) is 3.30. The third kappa shape index (κ3) is 5.08. The van der Waals surface area contributed by atoms with E-state index in [1.54, 1.807) is 38.1 Å². The normalized spacial score (nSPS) is 18.5. The van der Waals surface area contributed by atoms with E-state index < -0.39 is 24.7 Å². The van der Waals surface area contributed by atoms with Crippen LogP contribution < -0.4 is 10.6 Å². The number of imide groups is 1. The summed E-state index contributed by atoms with van der Waals surface area (Å²) in [6, 6.07) is 6.08. The number of nitrogens with one attached hydrogen (secondary N) is 2. The first-order valence-electron chi connectivity index (χ1n) is 9.31. The summed E-state index contributed by atoms with van der Waals surface area (Å²) in [5.74, 6) is -0.535. The molecule has 28 heavy (non-hydrogen) atoms. The largest absolute Gasteiger partial charge is 0.381 e. The number of rotatable bonds is 5. The van der Waals surface area contributed by atoms with Gasteiger partial charge in [0.15, 0.2) is 0 Å². The van der Waals surface area contributed by atoms with Gasteiger partial charge in [-0.2, -0.15) is 0 Å². The number of hydrogen-bond acceptors (Lipinski definition) is 4. The molecule has 2 aliphatic heterocycles. The fourth-order valence-corrected chi connectivity index (χ4v) is 4.61. The van der Waals surface area contributed by atoms with E-state index in [1.807, 2.05) is 0 Å². The highest BCUT2D eigenvalue weighted by molar-refractivity contribution is 7.53. The van der Waals surface area contributed by atoms with E-state index in [1.165, 1.54) is 18.9 Å². The number of urea groups is 1. The highest BCUT2D eigenvalue weighted by Gasteiger charge is 2.45. The highest BCUT2D eigenvalue weighted by atomic mass is 31.2. The molecule has 3 amide bonds. The van der Waals surface area contributed by atoms with Crippen LogP contribution in [0.1, 0.15) is 50.7 Å². The van der Waals surface area contributed by atoms with E-state index in [4.69, 9.17) is 4.74 Å². The van der Waals surface area contributed by atoms with Crippen molar-refractivity contribution >= 4 is 25.6 Å². The maximum atomic E-state index is 12.0. The van der Waals surface area contributed by atoms with Crippen molar-refractivity contribution < 1.29 is 28.7 Å². The van der Waals surface area contributed by atoms with Gasteiger partial charge in [-0.1, -0.05) is 38.1 Å². The molecule has 0 unspecified atom stereocenters. The summed E-state index contributed by atoms with van der Waals surface area (Å²) in [6.45, 7) is 5.47. The molecule has 0 saturated carbocycles. The number of benzene rings is 1. The van der Waals surface area contributed by atoms with E-state index in [9.17, 15) is 23.9 Å². The third-order valence-corrected chi connectivity index (χ3v) is 7.02. The molecular formula is C19H27N2O6P. The predicted molar refractivity (Wildman–Crippen MR) is 105 cm³/mol. The van der Waals surface area contributed by atoms with Crippen LogP contribution in [-0.2, 0) is 19.3 Å². The van der Waals surface area contributed by atoms with Crippen LogP contribution in [0.4, 0.5) is 4.79 Å². The molecule has 1 aromatic rings. The van der Waals surface area contributed by atoms with E-state index in [0.29, 0.717) is 11.1 Å². The van der Waals surface area contributed by atoms with Crippen molar-refractivity contribution in [3.63, 3.8) is 0 Å². The molecular weight excluding hydrogens is 383 g/mol. The monoisotopic (exact) mass is 410 g/mol. The molecule has 4 N–H and O–H groups in total. The Hall–Kier alpha value is -1.99. The van der Waals surface area contributed by atoms with Crippen LogP contribution in [0.15, 0.2) is 30.0 Å². The average molecular weight is 410 g/mol. The van der Waals surface area contributed by atoms with Gasteiger partial charge in [-0.25, -0.2) is 4.79 Å². The molecule has 3 rings (SSSR count). The lowest BCUT2D eigenvalue weighted by Crippen LogP contribution is -2.24. The second kappa shape index (κ2) is 9.47. The minimum absolute atomic E-state index is 0.0990. The first-order valence-corrected chi connectivity index (χ1v) is 10.9. The van der Waals surface area contributed by atoms with Crippen LogP contribution in [0, 0.1) is 0 Å². The number of amides is 3. The van der Waals surface area contributed by atoms with Crippen LogP contribution in [-0.4, -0.2) is 34.9 Å². The Kier molecular flexibility index (Phi) is 7.55. The lowest BCUT2D eigenvalue weighted by Gasteiger charge is -2.33. The van der Waals surface area contributed by atoms with Gasteiger partial charge in [0.1, 0.15) is 5.70 Å². The minimum atomic E-state index is -4.38. The van der Waals surface area contributed by atoms with E-state index >= 15 is 0 Å². The van der Waals surface area contributed by atoms with Gasteiger partial charge in [0.25, 0.3) is 5.91 Å². The predicted octanol–water partition coefficient (Wildman–Crippen LogP) is 2.86. The quantitative estimate of drug-likeness (QED) is 0.336. The van der Waals surface area contributed by atoms with Gasteiger partial charge in [-0.05, 0) is 42.9 Å². The van der Waals surface area contributed by atoms with Crippen LogP contribution in [0.2, 0.25) is 0 Å². The maximum absolute atomic E-state index is 12.0. The molecule has 9 heteroatoms. The standard InChI is InChI=1S/C15H19N2O5P.C4H8O/c1-3-15(4-2,23(20,21)22)11-7-5-6-10(8-11)9-12-13(18)17-14(19)16-12;1-2-4-5-3-1/h5-9H,3-4H2,1-2H3,(H2,20,21,22)(H2,16,17,18,19);1-4H2. The molecule has 1 aromatic carbocycles. The lowest BCUT2D eigenvalue weighted by molar-refractivity contribution is -0.115. The van der Waals surface area contributed by atoms with Crippen LogP contribution in [0.25, 0.3) is 6.08 Å². The van der Waals surface area contributed by atoms with Crippen molar-refractivity contribution in [3.8, 4) is 0 Å². The molecule has 2 heterocycles. The Labute approximate surface area is 164 Å². The Morgan fingerprint density at radius 3 is 2.21 bits per heavy atom. The van der Waals surface area contributed by atoms with Gasteiger partial charge in [0.05, 0.1) is 5.16 Å². The van der Waals surface area contributed by atoms with Gasteiger partial charge >= 0.3 is 13.6 Å². The Morgan fingerprint density at radius 2 is 1.79 bits per heavy atom. The Balaban J connectivity index is 0.000000485. The topological polar surface area (TPSA) is 125 Å². The fourth-order valence-electron chi connectivity index (χ4n) is 3.32. The molecule has 0 radical (unpaired) electrons. The van der Waals surface area contributed by atoms with E-state index in [0.717, 1.165) is 13.2 Å². The second-order valence-electron chi connectivity index (χ2n) is 6.69. The molecule has 2 saturated heterocycles. The number of carbonyl (C=O) groups excluding carboxylic acids is 2. The zero-order valence-electron chi connectivity index (χ0n) is 16.1. The molecule has 0 spiro atoms. The Morgan fingerprint density at radius 1 is 1.14 bits per heavy atom. The first kappa shape index (κ1) is 22.3. The minimum Gasteiger partial charge on any atom is -0.381 e.